The van der Waals surface area contributed by atoms with E-state index < -0.39 is 5.97 Å². The fourth-order valence-corrected chi connectivity index (χ4v) is 1.36. The molecule has 0 unspecified atom stereocenters. The molecule has 102 valence electrons. The zero-order chi connectivity index (χ0) is 13.2. The van der Waals surface area contributed by atoms with Crippen LogP contribution in [-0.2, 0) is 20.8 Å². The summed E-state index contributed by atoms with van der Waals surface area (Å²) in [6.07, 6.45) is 1.47. The molecule has 0 aliphatic carbocycles. The van der Waals surface area contributed by atoms with Gasteiger partial charge in [-0.05, 0) is 6.07 Å². The molecule has 1 rings (SSSR count). The minimum Gasteiger partial charge on any atom is -0.463 e. The zero-order valence-corrected chi connectivity index (χ0v) is 10.7. The molecule has 18 heavy (non-hydrogen) atoms. The molecule has 0 bridgehead atoms. The van der Waals surface area contributed by atoms with E-state index in [4.69, 9.17) is 13.9 Å². The average Bonchev–Trinajstić information content (AvgIpc) is 2.85. The van der Waals surface area contributed by atoms with E-state index >= 15 is 0 Å². The first kappa shape index (κ1) is 14.7. The number of hydrogen-bond acceptors (Lipinski definition) is 6. The van der Waals surface area contributed by atoms with Crippen molar-refractivity contribution in [3.8, 4) is 0 Å². The van der Waals surface area contributed by atoms with Crippen LogP contribution in [0.1, 0.15) is 16.1 Å². The van der Waals surface area contributed by atoms with Gasteiger partial charge in [-0.1, -0.05) is 0 Å². The van der Waals surface area contributed by atoms with E-state index in [0.29, 0.717) is 32.9 Å². The molecule has 6 nitrogen and oxygen atoms in total. The molecule has 0 saturated heterocycles. The van der Waals surface area contributed by atoms with Crippen molar-refractivity contribution in [2.24, 2.45) is 0 Å². The van der Waals surface area contributed by atoms with Crippen molar-refractivity contribution in [1.82, 2.24) is 5.32 Å². The maximum Gasteiger partial charge on any atom is 0.374 e. The molecule has 0 aliphatic heterocycles. The number of nitrogens with one attached hydrogen (secondary N) is 1. The largest absolute Gasteiger partial charge is 0.463 e. The van der Waals surface area contributed by atoms with Gasteiger partial charge >= 0.3 is 5.97 Å². The molecule has 0 spiro atoms. The van der Waals surface area contributed by atoms with Crippen molar-refractivity contribution >= 4 is 5.97 Å². The van der Waals surface area contributed by atoms with Crippen LogP contribution < -0.4 is 5.32 Å². The van der Waals surface area contributed by atoms with Gasteiger partial charge in [-0.15, -0.1) is 0 Å². The smallest absolute Gasteiger partial charge is 0.374 e. The Kier molecular flexibility index (Phi) is 7.09. The van der Waals surface area contributed by atoms with Crippen molar-refractivity contribution in [1.29, 1.82) is 0 Å². The van der Waals surface area contributed by atoms with Gasteiger partial charge in [0.1, 0.15) is 0 Å². The topological polar surface area (TPSA) is 69.9 Å². The molecule has 0 amide bonds. The van der Waals surface area contributed by atoms with Crippen LogP contribution in [-0.4, -0.2) is 46.6 Å². The van der Waals surface area contributed by atoms with Crippen molar-refractivity contribution in [2.75, 3.05) is 40.6 Å². The molecule has 0 atom stereocenters. The lowest BCUT2D eigenvalue weighted by molar-refractivity contribution is 0.0563. The third-order valence-corrected chi connectivity index (χ3v) is 2.29. The minimum atomic E-state index is -0.465. The predicted octanol–water partition coefficient (Wildman–Crippen LogP) is 0.819. The summed E-state index contributed by atoms with van der Waals surface area (Å²) in [4.78, 5) is 11.3. The number of hydrogen-bond donors (Lipinski definition) is 1. The Balaban J connectivity index is 2.19. The summed E-state index contributed by atoms with van der Waals surface area (Å²) < 4.78 is 19.8. The molecular formula is C12H19NO5. The Hall–Kier alpha value is -1.37. The van der Waals surface area contributed by atoms with E-state index in [2.05, 4.69) is 10.1 Å². The van der Waals surface area contributed by atoms with Crippen LogP contribution in [0.4, 0.5) is 0 Å². The van der Waals surface area contributed by atoms with Crippen LogP contribution in [0.3, 0.4) is 0 Å². The lowest BCUT2D eigenvalue weighted by Gasteiger charge is -2.05. The van der Waals surface area contributed by atoms with Gasteiger partial charge < -0.3 is 23.9 Å². The van der Waals surface area contributed by atoms with E-state index in [9.17, 15) is 4.79 Å². The van der Waals surface area contributed by atoms with Gasteiger partial charge in [0, 0.05) is 25.8 Å². The molecule has 1 N–H and O–H groups in total. The van der Waals surface area contributed by atoms with Gasteiger partial charge in [0.2, 0.25) is 5.76 Å². The Labute approximate surface area is 106 Å². The first-order valence-electron chi connectivity index (χ1n) is 5.71. The second kappa shape index (κ2) is 8.68. The van der Waals surface area contributed by atoms with Crippen LogP contribution in [0.5, 0.6) is 0 Å². The summed E-state index contributed by atoms with van der Waals surface area (Å²) >= 11 is 0. The Morgan fingerprint density at radius 3 is 2.89 bits per heavy atom. The fourth-order valence-electron chi connectivity index (χ4n) is 1.36. The summed E-state index contributed by atoms with van der Waals surface area (Å²) in [6.45, 7) is 2.99. The number of carbonyl (C=O) groups excluding carboxylic acids is 1. The van der Waals surface area contributed by atoms with Crippen molar-refractivity contribution in [3.63, 3.8) is 0 Å². The average molecular weight is 257 g/mol. The Morgan fingerprint density at radius 2 is 2.17 bits per heavy atom. The van der Waals surface area contributed by atoms with Gasteiger partial charge in [0.25, 0.3) is 0 Å². The predicted molar refractivity (Wildman–Crippen MR) is 64.4 cm³/mol. The van der Waals surface area contributed by atoms with Gasteiger partial charge in [-0.3, -0.25) is 0 Å². The monoisotopic (exact) mass is 257 g/mol. The molecule has 0 fully saturated rings. The maximum atomic E-state index is 11.3. The van der Waals surface area contributed by atoms with E-state index in [1.54, 1.807) is 13.2 Å². The number of esters is 1. The second-order valence-electron chi connectivity index (χ2n) is 3.55. The summed E-state index contributed by atoms with van der Waals surface area (Å²) in [5.41, 5.74) is 0.777. The number of ether oxygens (including phenoxy) is 3. The fraction of sp³-hybridized carbons (Fsp3) is 0.583. The third-order valence-electron chi connectivity index (χ3n) is 2.29. The van der Waals surface area contributed by atoms with E-state index in [-0.39, 0.29) is 5.76 Å². The molecular weight excluding hydrogens is 238 g/mol. The Bertz CT molecular complexity index is 350. The van der Waals surface area contributed by atoms with E-state index in [1.807, 2.05) is 0 Å². The number of carbonyl (C=O) groups is 1. The first-order chi connectivity index (χ1) is 8.79. The second-order valence-corrected chi connectivity index (χ2v) is 3.55. The lowest BCUT2D eigenvalue weighted by atomic mass is 10.2. The molecule has 0 aromatic carbocycles. The van der Waals surface area contributed by atoms with Gasteiger partial charge in [0.15, 0.2) is 0 Å². The number of furan rings is 1. The highest BCUT2D eigenvalue weighted by Crippen LogP contribution is 2.11. The van der Waals surface area contributed by atoms with Crippen molar-refractivity contribution in [2.45, 2.75) is 6.54 Å². The standard InChI is InChI=1S/C12H19NO5/c1-15-7-8-17-6-4-13-9-10-3-5-18-11(10)12(14)16-2/h3,5,13H,4,6-9H2,1-2H3. The molecule has 1 heterocycles. The van der Waals surface area contributed by atoms with E-state index in [1.165, 1.54) is 13.4 Å². The lowest BCUT2D eigenvalue weighted by Crippen LogP contribution is -2.21. The van der Waals surface area contributed by atoms with Gasteiger partial charge in [-0.25, -0.2) is 4.79 Å². The molecule has 1 aromatic heterocycles. The SMILES string of the molecule is COCCOCCNCc1ccoc1C(=O)OC. The third kappa shape index (κ3) is 4.87. The summed E-state index contributed by atoms with van der Waals surface area (Å²) in [6, 6.07) is 1.74. The zero-order valence-electron chi connectivity index (χ0n) is 10.7. The van der Waals surface area contributed by atoms with Crippen molar-refractivity contribution in [3.05, 3.63) is 23.7 Å². The summed E-state index contributed by atoms with van der Waals surface area (Å²) in [7, 11) is 2.96. The van der Waals surface area contributed by atoms with Crippen LogP contribution in [0.25, 0.3) is 0 Å². The van der Waals surface area contributed by atoms with Crippen LogP contribution in [0.15, 0.2) is 16.7 Å². The van der Waals surface area contributed by atoms with E-state index in [0.717, 1.165) is 5.56 Å². The van der Waals surface area contributed by atoms with Gasteiger partial charge in [0.05, 0.1) is 33.2 Å². The molecule has 0 saturated carbocycles. The minimum absolute atomic E-state index is 0.241. The Morgan fingerprint density at radius 1 is 1.33 bits per heavy atom. The van der Waals surface area contributed by atoms with Crippen LogP contribution >= 0.6 is 0 Å². The summed E-state index contributed by atoms with van der Waals surface area (Å²) in [5.74, 6) is -0.224. The highest BCUT2D eigenvalue weighted by Gasteiger charge is 2.14. The normalized spacial score (nSPS) is 10.6. The molecule has 6 heteroatoms. The number of methoxy groups -OCH3 is 2. The molecule has 0 radical (unpaired) electrons. The van der Waals surface area contributed by atoms with Crippen LogP contribution in [0.2, 0.25) is 0 Å². The molecule has 0 aliphatic rings. The van der Waals surface area contributed by atoms with Gasteiger partial charge in [-0.2, -0.15) is 0 Å². The number of rotatable bonds is 9. The summed E-state index contributed by atoms with van der Waals surface area (Å²) in [5, 5.41) is 3.15. The highest BCUT2D eigenvalue weighted by atomic mass is 16.5. The van der Waals surface area contributed by atoms with Crippen LogP contribution in [0, 0.1) is 0 Å². The maximum absolute atomic E-state index is 11.3. The quantitative estimate of drug-likeness (QED) is 0.521. The highest BCUT2D eigenvalue weighted by molar-refractivity contribution is 5.87. The first-order valence-corrected chi connectivity index (χ1v) is 5.71. The van der Waals surface area contributed by atoms with Crippen molar-refractivity contribution < 1.29 is 23.4 Å². The molecule has 1 aromatic rings.